The van der Waals surface area contributed by atoms with Gasteiger partial charge in [-0.1, -0.05) is 36.4 Å². The number of hydrogen-bond acceptors (Lipinski definition) is 2. The van der Waals surface area contributed by atoms with Crippen LogP contribution >= 0.6 is 0 Å². The Kier molecular flexibility index (Phi) is 2.99. The first-order chi connectivity index (χ1) is 7.35. The van der Waals surface area contributed by atoms with Crippen molar-refractivity contribution in [2.24, 2.45) is 0 Å². The van der Waals surface area contributed by atoms with Crippen LogP contribution in [0.25, 0.3) is 10.8 Å². The average molecular weight is 202 g/mol. The average Bonchev–Trinajstić information content (AvgIpc) is 2.28. The number of fused-ring (bicyclic) bond motifs is 1. The van der Waals surface area contributed by atoms with Gasteiger partial charge in [-0.3, -0.25) is 0 Å². The molecule has 0 spiro atoms. The number of aliphatic hydroxyl groups excluding tert-OH is 2. The molecule has 78 valence electrons. The first-order valence-electron chi connectivity index (χ1n) is 5.07. The van der Waals surface area contributed by atoms with Crippen LogP contribution in [0.4, 0.5) is 0 Å². The molecule has 0 fully saturated rings. The molecule has 2 rings (SSSR count). The van der Waals surface area contributed by atoms with Crippen molar-refractivity contribution in [1.82, 2.24) is 0 Å². The van der Waals surface area contributed by atoms with Crippen molar-refractivity contribution in [1.29, 1.82) is 0 Å². The van der Waals surface area contributed by atoms with Crippen molar-refractivity contribution in [3.05, 3.63) is 47.5 Å². The van der Waals surface area contributed by atoms with Crippen LogP contribution in [0, 0.1) is 0 Å². The Balaban J connectivity index is 2.53. The van der Waals surface area contributed by atoms with Crippen LogP contribution in [0.2, 0.25) is 0 Å². The van der Waals surface area contributed by atoms with E-state index in [1.165, 1.54) is 0 Å². The van der Waals surface area contributed by atoms with E-state index in [0.717, 1.165) is 21.9 Å². The summed E-state index contributed by atoms with van der Waals surface area (Å²) in [5.41, 5.74) is 2.07. The molecule has 0 aliphatic heterocycles. The molecule has 0 saturated carbocycles. The minimum absolute atomic E-state index is 0.0662. The van der Waals surface area contributed by atoms with Crippen molar-refractivity contribution < 1.29 is 10.2 Å². The van der Waals surface area contributed by atoms with Crippen LogP contribution < -0.4 is 0 Å². The van der Waals surface area contributed by atoms with Gasteiger partial charge in [-0.2, -0.15) is 0 Å². The lowest BCUT2D eigenvalue weighted by molar-refractivity contribution is 0.283. The number of hydrogen-bond donors (Lipinski definition) is 2. The minimum atomic E-state index is 0.0662. The summed E-state index contributed by atoms with van der Waals surface area (Å²) in [5, 5.41) is 20.2. The van der Waals surface area contributed by atoms with E-state index in [4.69, 9.17) is 10.2 Å². The molecule has 2 N–H and O–H groups in total. The Hall–Kier alpha value is -1.38. The van der Waals surface area contributed by atoms with E-state index >= 15 is 0 Å². The maximum absolute atomic E-state index is 9.17. The van der Waals surface area contributed by atoms with Crippen molar-refractivity contribution in [2.75, 3.05) is 6.61 Å². The van der Waals surface area contributed by atoms with Gasteiger partial charge in [0.1, 0.15) is 0 Å². The smallest absolute Gasteiger partial charge is 0.0687 e. The second-order valence-electron chi connectivity index (χ2n) is 3.60. The van der Waals surface area contributed by atoms with E-state index in [9.17, 15) is 0 Å². The second-order valence-corrected chi connectivity index (χ2v) is 3.60. The highest BCUT2D eigenvalue weighted by Gasteiger charge is 2.00. The van der Waals surface area contributed by atoms with Gasteiger partial charge < -0.3 is 10.2 Å². The Morgan fingerprint density at radius 1 is 1.00 bits per heavy atom. The fraction of sp³-hybridized carbons (Fsp3) is 0.231. The summed E-state index contributed by atoms with van der Waals surface area (Å²) in [6.45, 7) is 0.238. The Labute approximate surface area is 88.8 Å². The molecule has 0 unspecified atom stereocenters. The summed E-state index contributed by atoms with van der Waals surface area (Å²) in [4.78, 5) is 0. The molecular weight excluding hydrogens is 188 g/mol. The predicted molar refractivity (Wildman–Crippen MR) is 60.7 cm³/mol. The Morgan fingerprint density at radius 2 is 1.87 bits per heavy atom. The molecule has 2 heteroatoms. The SMILES string of the molecule is OCCc1ccc2c(CO)cccc2c1. The topological polar surface area (TPSA) is 40.5 Å². The quantitative estimate of drug-likeness (QED) is 0.797. The summed E-state index contributed by atoms with van der Waals surface area (Å²) in [5.74, 6) is 0. The van der Waals surface area contributed by atoms with Gasteiger partial charge in [0, 0.05) is 6.61 Å². The van der Waals surface area contributed by atoms with Crippen LogP contribution in [0.15, 0.2) is 36.4 Å². The number of benzene rings is 2. The van der Waals surface area contributed by atoms with E-state index in [-0.39, 0.29) is 13.2 Å². The molecule has 0 saturated heterocycles. The molecule has 0 bridgehead atoms. The fourth-order valence-corrected chi connectivity index (χ4v) is 1.82. The zero-order chi connectivity index (χ0) is 10.7. The molecule has 2 nitrogen and oxygen atoms in total. The highest BCUT2D eigenvalue weighted by atomic mass is 16.3. The lowest BCUT2D eigenvalue weighted by Gasteiger charge is -2.05. The molecule has 0 heterocycles. The molecule has 0 radical (unpaired) electrons. The van der Waals surface area contributed by atoms with Gasteiger partial charge in [-0.15, -0.1) is 0 Å². The fourth-order valence-electron chi connectivity index (χ4n) is 1.82. The van der Waals surface area contributed by atoms with Gasteiger partial charge in [-0.25, -0.2) is 0 Å². The highest BCUT2D eigenvalue weighted by molar-refractivity contribution is 5.86. The summed E-state index contributed by atoms with van der Waals surface area (Å²) in [6, 6.07) is 12.0. The highest BCUT2D eigenvalue weighted by Crippen LogP contribution is 2.20. The van der Waals surface area contributed by atoms with Crippen LogP contribution in [-0.4, -0.2) is 16.8 Å². The lowest BCUT2D eigenvalue weighted by Crippen LogP contribution is -1.91. The molecule has 0 amide bonds. The third kappa shape index (κ3) is 2.01. The summed E-state index contributed by atoms with van der Waals surface area (Å²) in [7, 11) is 0. The molecule has 2 aromatic carbocycles. The van der Waals surface area contributed by atoms with Crippen molar-refractivity contribution >= 4 is 10.8 Å². The molecule has 0 aliphatic carbocycles. The zero-order valence-corrected chi connectivity index (χ0v) is 8.48. The van der Waals surface area contributed by atoms with E-state index in [1.54, 1.807) is 0 Å². The molecule has 0 aliphatic rings. The van der Waals surface area contributed by atoms with Gasteiger partial charge in [0.05, 0.1) is 6.61 Å². The predicted octanol–water partition coefficient (Wildman–Crippen LogP) is 1.87. The second kappa shape index (κ2) is 4.43. The third-order valence-corrected chi connectivity index (χ3v) is 2.61. The van der Waals surface area contributed by atoms with Crippen molar-refractivity contribution in [3.63, 3.8) is 0 Å². The van der Waals surface area contributed by atoms with Gasteiger partial charge in [-0.05, 0) is 28.3 Å². The Morgan fingerprint density at radius 3 is 2.60 bits per heavy atom. The normalized spacial score (nSPS) is 10.8. The van der Waals surface area contributed by atoms with E-state index in [1.807, 2.05) is 30.3 Å². The molecule has 15 heavy (non-hydrogen) atoms. The number of aliphatic hydroxyl groups is 2. The maximum Gasteiger partial charge on any atom is 0.0687 e. The maximum atomic E-state index is 9.17. The van der Waals surface area contributed by atoms with Crippen LogP contribution in [0.3, 0.4) is 0 Å². The van der Waals surface area contributed by atoms with Crippen molar-refractivity contribution in [2.45, 2.75) is 13.0 Å². The lowest BCUT2D eigenvalue weighted by atomic mass is 10.0. The van der Waals surface area contributed by atoms with Crippen LogP contribution in [0.5, 0.6) is 0 Å². The van der Waals surface area contributed by atoms with Gasteiger partial charge in [0.2, 0.25) is 0 Å². The first kappa shape index (κ1) is 10.1. The standard InChI is InChI=1S/C13H14O2/c14-7-6-10-4-5-13-11(8-10)2-1-3-12(13)9-15/h1-5,8,14-15H,6-7,9H2. The molecule has 0 aromatic heterocycles. The van der Waals surface area contributed by atoms with E-state index in [0.29, 0.717) is 6.42 Å². The van der Waals surface area contributed by atoms with Crippen molar-refractivity contribution in [3.8, 4) is 0 Å². The molecule has 0 atom stereocenters. The summed E-state index contributed by atoms with van der Waals surface area (Å²) < 4.78 is 0. The van der Waals surface area contributed by atoms with Gasteiger partial charge >= 0.3 is 0 Å². The number of rotatable bonds is 3. The zero-order valence-electron chi connectivity index (χ0n) is 8.48. The molecule has 2 aromatic rings. The monoisotopic (exact) mass is 202 g/mol. The molecular formula is C13H14O2. The van der Waals surface area contributed by atoms with Crippen LogP contribution in [0.1, 0.15) is 11.1 Å². The minimum Gasteiger partial charge on any atom is -0.396 e. The Bertz CT molecular complexity index is 463. The summed E-state index contributed by atoms with van der Waals surface area (Å²) in [6.07, 6.45) is 0.680. The first-order valence-corrected chi connectivity index (χ1v) is 5.07. The van der Waals surface area contributed by atoms with Gasteiger partial charge in [0.25, 0.3) is 0 Å². The van der Waals surface area contributed by atoms with Gasteiger partial charge in [0.15, 0.2) is 0 Å². The summed E-state index contributed by atoms with van der Waals surface area (Å²) >= 11 is 0. The third-order valence-electron chi connectivity index (χ3n) is 2.61. The van der Waals surface area contributed by atoms with E-state index in [2.05, 4.69) is 6.07 Å². The largest absolute Gasteiger partial charge is 0.396 e. The van der Waals surface area contributed by atoms with E-state index < -0.39 is 0 Å². The van der Waals surface area contributed by atoms with Crippen LogP contribution in [-0.2, 0) is 13.0 Å².